The van der Waals surface area contributed by atoms with Crippen molar-refractivity contribution in [2.24, 2.45) is 16.1 Å². The summed E-state index contributed by atoms with van der Waals surface area (Å²) in [5.41, 5.74) is 7.36. The van der Waals surface area contributed by atoms with Gasteiger partial charge in [0.1, 0.15) is 0 Å². The molecule has 1 aliphatic heterocycles. The van der Waals surface area contributed by atoms with Crippen molar-refractivity contribution >= 4 is 23.2 Å². The third-order valence-corrected chi connectivity index (χ3v) is 5.47. The summed E-state index contributed by atoms with van der Waals surface area (Å²) in [6.45, 7) is 5.45. The highest BCUT2D eigenvalue weighted by Gasteiger charge is 2.54. The lowest BCUT2D eigenvalue weighted by atomic mass is 9.62. The first kappa shape index (κ1) is 13.7. The Morgan fingerprint density at radius 3 is 2.60 bits per heavy atom. The van der Waals surface area contributed by atoms with Crippen LogP contribution in [0, 0.1) is 5.41 Å². The number of hydrogen-bond acceptors (Lipinski definition) is 3. The van der Waals surface area contributed by atoms with E-state index in [1.54, 1.807) is 0 Å². The summed E-state index contributed by atoms with van der Waals surface area (Å²) in [5, 5.41) is 0.744. The molecular weight excluding hydrogens is 270 g/mol. The summed E-state index contributed by atoms with van der Waals surface area (Å²) in [4.78, 5) is 6.77. The zero-order chi connectivity index (χ0) is 14.4. The monoisotopic (exact) mass is 291 g/mol. The second-order valence-electron chi connectivity index (χ2n) is 6.58. The fourth-order valence-corrected chi connectivity index (χ4v) is 4.04. The lowest BCUT2D eigenvalue weighted by molar-refractivity contribution is 0.115. The Hall–Kier alpha value is -1.22. The van der Waals surface area contributed by atoms with Crippen LogP contribution in [-0.2, 0) is 0 Å². The van der Waals surface area contributed by atoms with Gasteiger partial charge in [0.05, 0.1) is 22.8 Å². The average Bonchev–Trinajstić information content (AvgIpc) is 2.73. The molecule has 0 amide bonds. The topological polar surface area (TPSA) is 41.6 Å². The summed E-state index contributed by atoms with van der Waals surface area (Å²) < 4.78 is 0. The van der Waals surface area contributed by atoms with Gasteiger partial charge in [-0.3, -0.25) is 4.99 Å². The molecule has 3 nitrogen and oxygen atoms in total. The molecule has 1 unspecified atom stereocenters. The molecule has 1 aliphatic carbocycles. The Bertz CT molecular complexity index is 552. The van der Waals surface area contributed by atoms with Gasteiger partial charge in [-0.1, -0.05) is 50.4 Å². The number of hydrogen-bond donors (Lipinski definition) is 1. The van der Waals surface area contributed by atoms with Crippen molar-refractivity contribution in [3.63, 3.8) is 0 Å². The van der Waals surface area contributed by atoms with Gasteiger partial charge in [0.25, 0.3) is 0 Å². The number of nitrogens with two attached hydrogens (primary N) is 1. The lowest BCUT2D eigenvalue weighted by Gasteiger charge is -2.53. The fraction of sp³-hybridized carbons (Fsp3) is 0.562. The van der Waals surface area contributed by atoms with E-state index < -0.39 is 0 Å². The molecule has 3 rings (SSSR count). The minimum absolute atomic E-state index is 0.0275. The summed E-state index contributed by atoms with van der Waals surface area (Å²) in [6, 6.07) is 7.93. The molecule has 0 saturated heterocycles. The number of halogens is 1. The van der Waals surface area contributed by atoms with Gasteiger partial charge in [0.15, 0.2) is 5.96 Å². The number of para-hydroxylation sites is 1. The van der Waals surface area contributed by atoms with Crippen molar-refractivity contribution in [2.75, 3.05) is 11.4 Å². The summed E-state index contributed by atoms with van der Waals surface area (Å²) in [7, 11) is 0. The summed E-state index contributed by atoms with van der Waals surface area (Å²) in [6.07, 6.45) is 4.84. The van der Waals surface area contributed by atoms with E-state index in [4.69, 9.17) is 17.3 Å². The predicted molar refractivity (Wildman–Crippen MR) is 85.4 cm³/mol. The van der Waals surface area contributed by atoms with Crippen LogP contribution in [0.4, 0.5) is 5.69 Å². The Balaban J connectivity index is 2.11. The molecular formula is C16H22ClN3. The maximum absolute atomic E-state index is 6.41. The van der Waals surface area contributed by atoms with Gasteiger partial charge < -0.3 is 10.6 Å². The molecule has 1 spiro atoms. The molecule has 1 aromatic rings. The number of guanidine groups is 1. The summed E-state index contributed by atoms with van der Waals surface area (Å²) >= 11 is 6.41. The first-order chi connectivity index (χ1) is 9.48. The van der Waals surface area contributed by atoms with Crippen molar-refractivity contribution in [3.05, 3.63) is 29.3 Å². The maximum Gasteiger partial charge on any atom is 0.196 e. The zero-order valence-corrected chi connectivity index (χ0v) is 13.0. The minimum Gasteiger partial charge on any atom is -0.369 e. The number of anilines is 1. The van der Waals surface area contributed by atoms with Gasteiger partial charge >= 0.3 is 0 Å². The van der Waals surface area contributed by atoms with Gasteiger partial charge in [-0.05, 0) is 30.4 Å². The Kier molecular flexibility index (Phi) is 3.20. The van der Waals surface area contributed by atoms with E-state index in [9.17, 15) is 0 Å². The highest BCUT2D eigenvalue weighted by Crippen LogP contribution is 2.51. The van der Waals surface area contributed by atoms with Crippen molar-refractivity contribution < 1.29 is 0 Å². The quantitative estimate of drug-likeness (QED) is 0.855. The largest absolute Gasteiger partial charge is 0.369 e. The van der Waals surface area contributed by atoms with Crippen LogP contribution < -0.4 is 10.6 Å². The van der Waals surface area contributed by atoms with E-state index in [1.807, 2.05) is 24.3 Å². The van der Waals surface area contributed by atoms with Gasteiger partial charge in [0.2, 0.25) is 0 Å². The minimum atomic E-state index is -0.0275. The first-order valence-electron chi connectivity index (χ1n) is 7.33. The highest BCUT2D eigenvalue weighted by molar-refractivity contribution is 6.34. The number of benzene rings is 1. The molecule has 1 saturated carbocycles. The van der Waals surface area contributed by atoms with E-state index >= 15 is 0 Å². The van der Waals surface area contributed by atoms with Crippen LogP contribution in [0.1, 0.15) is 39.5 Å². The Morgan fingerprint density at radius 1 is 1.20 bits per heavy atom. The van der Waals surface area contributed by atoms with E-state index in [0.29, 0.717) is 5.96 Å². The first-order valence-corrected chi connectivity index (χ1v) is 7.70. The van der Waals surface area contributed by atoms with Gasteiger partial charge in [0, 0.05) is 0 Å². The summed E-state index contributed by atoms with van der Waals surface area (Å²) in [5.74, 6) is 0.605. The van der Waals surface area contributed by atoms with Crippen LogP contribution in [0.25, 0.3) is 0 Å². The third-order valence-electron chi connectivity index (χ3n) is 5.16. The Labute approximate surface area is 125 Å². The second kappa shape index (κ2) is 4.66. The van der Waals surface area contributed by atoms with Crippen molar-refractivity contribution in [1.82, 2.24) is 0 Å². The highest BCUT2D eigenvalue weighted by atomic mass is 35.5. The van der Waals surface area contributed by atoms with Crippen LogP contribution in [-0.4, -0.2) is 18.0 Å². The van der Waals surface area contributed by atoms with E-state index in [-0.39, 0.29) is 11.0 Å². The molecule has 2 N–H and O–H groups in total. The number of nitrogens with zero attached hydrogens (tertiary/aromatic N) is 2. The molecule has 2 aliphatic rings. The predicted octanol–water partition coefficient (Wildman–Crippen LogP) is 3.81. The molecule has 0 aromatic heterocycles. The zero-order valence-electron chi connectivity index (χ0n) is 12.2. The lowest BCUT2D eigenvalue weighted by Crippen LogP contribution is -2.61. The van der Waals surface area contributed by atoms with E-state index in [2.05, 4.69) is 23.7 Å². The number of rotatable bonds is 1. The fourth-order valence-electron chi connectivity index (χ4n) is 3.82. The Morgan fingerprint density at radius 2 is 1.90 bits per heavy atom. The van der Waals surface area contributed by atoms with Crippen LogP contribution >= 0.6 is 11.6 Å². The van der Waals surface area contributed by atoms with Crippen molar-refractivity contribution in [2.45, 2.75) is 45.1 Å². The molecule has 0 bridgehead atoms. The molecule has 0 radical (unpaired) electrons. The molecule has 4 heteroatoms. The van der Waals surface area contributed by atoms with Crippen LogP contribution in [0.2, 0.25) is 5.02 Å². The molecule has 1 atom stereocenters. The average molecular weight is 292 g/mol. The van der Waals surface area contributed by atoms with Crippen LogP contribution in [0.5, 0.6) is 0 Å². The van der Waals surface area contributed by atoms with Crippen molar-refractivity contribution in [1.29, 1.82) is 0 Å². The van der Waals surface area contributed by atoms with Gasteiger partial charge in [-0.2, -0.15) is 0 Å². The SMILES string of the molecule is CC1(C)CCCCC12CN=C(N)N2c1ccccc1Cl. The van der Waals surface area contributed by atoms with Gasteiger partial charge in [-0.15, -0.1) is 0 Å². The number of aliphatic imine (C=N–C) groups is 1. The molecule has 1 aromatic carbocycles. The smallest absolute Gasteiger partial charge is 0.196 e. The van der Waals surface area contributed by atoms with Crippen LogP contribution in [0.15, 0.2) is 29.3 Å². The molecule has 108 valence electrons. The standard InChI is InChI=1S/C16H22ClN3/c1-15(2)9-5-6-10-16(15)11-19-14(18)20(16)13-8-4-3-7-12(13)17/h3-4,7-8H,5-6,9-11H2,1-2H3,(H2,18,19). The molecule has 20 heavy (non-hydrogen) atoms. The molecule has 1 fully saturated rings. The van der Waals surface area contributed by atoms with Gasteiger partial charge in [-0.25, -0.2) is 0 Å². The van der Waals surface area contributed by atoms with Crippen molar-refractivity contribution in [3.8, 4) is 0 Å². The maximum atomic E-state index is 6.41. The normalized spacial score (nSPS) is 28.8. The third kappa shape index (κ3) is 1.83. The van der Waals surface area contributed by atoms with Crippen LogP contribution in [0.3, 0.4) is 0 Å². The molecule has 1 heterocycles. The van der Waals surface area contributed by atoms with E-state index in [1.165, 1.54) is 19.3 Å². The van der Waals surface area contributed by atoms with E-state index in [0.717, 1.165) is 23.7 Å². The second-order valence-corrected chi connectivity index (χ2v) is 6.99.